The van der Waals surface area contributed by atoms with Crippen molar-refractivity contribution >= 4 is 34.4 Å². The van der Waals surface area contributed by atoms with E-state index in [0.29, 0.717) is 17.9 Å². The average Bonchev–Trinajstić information content (AvgIpc) is 3.34. The predicted molar refractivity (Wildman–Crippen MR) is 109 cm³/mol. The smallest absolute Gasteiger partial charge is 0.325 e. The standard InChI is InChI=1S/C21H19N3O3S/c1-2-27-19(25)12-24-11-16(15-7-3-4-8-18(15)24)20(26)17-13-28-21(23-17)14-6-5-9-22-10-14/h3-11,13,21,23H,2,12H2,1H3. The number of aromatic nitrogens is 2. The Bertz CT molecular complexity index is 1060. The first-order valence-electron chi connectivity index (χ1n) is 8.97. The molecule has 2 aromatic heterocycles. The second-order valence-electron chi connectivity index (χ2n) is 6.30. The van der Waals surface area contributed by atoms with Crippen molar-refractivity contribution < 1.29 is 14.3 Å². The van der Waals surface area contributed by atoms with Gasteiger partial charge in [-0.1, -0.05) is 24.3 Å². The molecule has 1 unspecified atom stereocenters. The molecule has 1 N–H and O–H groups in total. The number of nitrogens with zero attached hydrogens (tertiary/aromatic N) is 2. The number of rotatable bonds is 6. The van der Waals surface area contributed by atoms with Crippen LogP contribution < -0.4 is 5.32 Å². The van der Waals surface area contributed by atoms with Crippen LogP contribution in [0.25, 0.3) is 10.9 Å². The molecular formula is C21H19N3O3S. The molecule has 1 aliphatic heterocycles. The number of hydrogen-bond acceptors (Lipinski definition) is 6. The highest BCUT2D eigenvalue weighted by atomic mass is 32.2. The van der Waals surface area contributed by atoms with Gasteiger partial charge in [0, 0.05) is 46.0 Å². The maximum absolute atomic E-state index is 13.2. The number of hydrogen-bond donors (Lipinski definition) is 1. The van der Waals surface area contributed by atoms with Gasteiger partial charge in [-0.2, -0.15) is 0 Å². The number of pyridine rings is 1. The van der Waals surface area contributed by atoms with Gasteiger partial charge in [0.2, 0.25) is 5.78 Å². The molecule has 0 bridgehead atoms. The fourth-order valence-corrected chi connectivity index (χ4v) is 4.15. The Labute approximate surface area is 166 Å². The monoisotopic (exact) mass is 393 g/mol. The molecule has 3 aromatic rings. The maximum Gasteiger partial charge on any atom is 0.325 e. The van der Waals surface area contributed by atoms with Gasteiger partial charge in [-0.3, -0.25) is 14.6 Å². The summed E-state index contributed by atoms with van der Waals surface area (Å²) in [4.78, 5) is 29.2. The summed E-state index contributed by atoms with van der Waals surface area (Å²) in [5.41, 5.74) is 2.94. The number of para-hydroxylation sites is 1. The molecule has 6 nitrogen and oxygen atoms in total. The Balaban J connectivity index is 1.60. The molecule has 0 amide bonds. The van der Waals surface area contributed by atoms with Crippen LogP contribution in [0.15, 0.2) is 66.1 Å². The van der Waals surface area contributed by atoms with Crippen LogP contribution in [0.3, 0.4) is 0 Å². The van der Waals surface area contributed by atoms with E-state index in [1.807, 2.05) is 41.8 Å². The first-order valence-corrected chi connectivity index (χ1v) is 9.92. The third kappa shape index (κ3) is 3.53. The van der Waals surface area contributed by atoms with Crippen molar-refractivity contribution in [2.24, 2.45) is 0 Å². The number of esters is 1. The lowest BCUT2D eigenvalue weighted by Crippen LogP contribution is -2.19. The summed E-state index contributed by atoms with van der Waals surface area (Å²) in [7, 11) is 0. The lowest BCUT2D eigenvalue weighted by molar-refractivity contribution is -0.143. The first-order chi connectivity index (χ1) is 13.7. The van der Waals surface area contributed by atoms with Crippen molar-refractivity contribution in [1.82, 2.24) is 14.9 Å². The predicted octanol–water partition coefficient (Wildman–Crippen LogP) is 3.66. The minimum Gasteiger partial charge on any atom is -0.465 e. The van der Waals surface area contributed by atoms with Gasteiger partial charge in [0.1, 0.15) is 11.9 Å². The molecule has 4 rings (SSSR count). The fourth-order valence-electron chi connectivity index (χ4n) is 3.21. The van der Waals surface area contributed by atoms with Crippen LogP contribution in [0.1, 0.15) is 28.2 Å². The van der Waals surface area contributed by atoms with Gasteiger partial charge in [-0.25, -0.2) is 0 Å². The molecule has 28 heavy (non-hydrogen) atoms. The number of carbonyl (C=O) groups excluding carboxylic acids is 2. The number of benzene rings is 1. The number of ketones is 1. The van der Waals surface area contributed by atoms with Crippen molar-refractivity contribution in [3.8, 4) is 0 Å². The van der Waals surface area contributed by atoms with Gasteiger partial charge < -0.3 is 14.6 Å². The normalized spacial score (nSPS) is 15.9. The zero-order valence-corrected chi connectivity index (χ0v) is 16.1. The fraction of sp³-hybridized carbons (Fsp3) is 0.190. The van der Waals surface area contributed by atoms with Crippen molar-refractivity contribution in [3.63, 3.8) is 0 Å². The second kappa shape index (κ2) is 7.90. The molecule has 142 valence electrons. The zero-order chi connectivity index (χ0) is 19.5. The third-order valence-electron chi connectivity index (χ3n) is 4.48. The third-order valence-corrected chi connectivity index (χ3v) is 5.51. The van der Waals surface area contributed by atoms with Crippen LogP contribution in [-0.4, -0.2) is 27.9 Å². The summed E-state index contributed by atoms with van der Waals surface area (Å²) in [5.74, 6) is -0.426. The minimum atomic E-state index is -0.326. The van der Waals surface area contributed by atoms with E-state index in [4.69, 9.17) is 4.74 Å². The number of allylic oxidation sites excluding steroid dienone is 1. The highest BCUT2D eigenvalue weighted by Crippen LogP contribution is 2.35. The lowest BCUT2D eigenvalue weighted by atomic mass is 10.1. The summed E-state index contributed by atoms with van der Waals surface area (Å²) in [6.45, 7) is 2.17. The van der Waals surface area contributed by atoms with E-state index < -0.39 is 0 Å². The summed E-state index contributed by atoms with van der Waals surface area (Å²) < 4.78 is 6.82. The van der Waals surface area contributed by atoms with E-state index in [9.17, 15) is 9.59 Å². The lowest BCUT2D eigenvalue weighted by Gasteiger charge is -2.12. The number of thioether (sulfide) groups is 1. The van der Waals surface area contributed by atoms with Crippen LogP contribution in [0.4, 0.5) is 0 Å². The van der Waals surface area contributed by atoms with Crippen molar-refractivity contribution in [2.75, 3.05) is 6.61 Å². The van der Waals surface area contributed by atoms with Gasteiger partial charge in [0.15, 0.2) is 0 Å². The first kappa shape index (κ1) is 18.3. The van der Waals surface area contributed by atoms with Crippen molar-refractivity contribution in [1.29, 1.82) is 0 Å². The van der Waals surface area contributed by atoms with Crippen LogP contribution in [0.5, 0.6) is 0 Å². The van der Waals surface area contributed by atoms with E-state index in [1.54, 1.807) is 41.8 Å². The molecule has 1 aliphatic rings. The molecule has 1 aromatic carbocycles. The SMILES string of the molecule is CCOC(=O)Cn1cc(C(=O)C2=CSC(c3cccnc3)N2)c2ccccc21. The summed E-state index contributed by atoms with van der Waals surface area (Å²) in [6, 6.07) is 11.4. The van der Waals surface area contributed by atoms with Gasteiger partial charge in [-0.15, -0.1) is 11.8 Å². The topological polar surface area (TPSA) is 73.2 Å². The van der Waals surface area contributed by atoms with Crippen molar-refractivity contribution in [2.45, 2.75) is 18.8 Å². The molecule has 0 saturated carbocycles. The van der Waals surface area contributed by atoms with Gasteiger partial charge in [-0.05, 0) is 19.1 Å². The zero-order valence-electron chi connectivity index (χ0n) is 15.3. The largest absolute Gasteiger partial charge is 0.465 e. The van der Waals surface area contributed by atoms with Crippen LogP contribution in [0, 0.1) is 0 Å². The van der Waals surface area contributed by atoms with Crippen LogP contribution >= 0.6 is 11.8 Å². The number of ether oxygens (including phenoxy) is 1. The van der Waals surface area contributed by atoms with Gasteiger partial charge >= 0.3 is 5.97 Å². The number of carbonyl (C=O) groups is 2. The van der Waals surface area contributed by atoms with Crippen LogP contribution in [-0.2, 0) is 16.1 Å². The number of Topliss-reactive ketones (excluding diaryl/α,β-unsaturated/α-hetero) is 1. The molecule has 0 spiro atoms. The molecule has 3 heterocycles. The Hall–Kier alpha value is -3.06. The molecule has 7 heteroatoms. The Morgan fingerprint density at radius 1 is 1.25 bits per heavy atom. The highest BCUT2D eigenvalue weighted by Gasteiger charge is 2.26. The molecule has 1 atom stereocenters. The summed E-state index contributed by atoms with van der Waals surface area (Å²) in [5, 5.41) is 5.89. The minimum absolute atomic E-state index is 0.0412. The van der Waals surface area contributed by atoms with Gasteiger partial charge in [0.25, 0.3) is 0 Å². The van der Waals surface area contributed by atoms with Crippen molar-refractivity contribution in [3.05, 3.63) is 77.2 Å². The van der Waals surface area contributed by atoms with E-state index in [0.717, 1.165) is 16.5 Å². The van der Waals surface area contributed by atoms with Crippen LogP contribution in [0.2, 0.25) is 0 Å². The van der Waals surface area contributed by atoms with E-state index >= 15 is 0 Å². The molecule has 0 saturated heterocycles. The molecule has 0 radical (unpaired) electrons. The average molecular weight is 393 g/mol. The second-order valence-corrected chi connectivity index (χ2v) is 7.28. The Morgan fingerprint density at radius 2 is 2.11 bits per heavy atom. The molecule has 0 aliphatic carbocycles. The highest BCUT2D eigenvalue weighted by molar-refractivity contribution is 8.02. The van der Waals surface area contributed by atoms with E-state index in [2.05, 4.69) is 10.3 Å². The van der Waals surface area contributed by atoms with Gasteiger partial charge in [0.05, 0.1) is 12.3 Å². The summed E-state index contributed by atoms with van der Waals surface area (Å²) >= 11 is 1.54. The Morgan fingerprint density at radius 3 is 2.89 bits per heavy atom. The molecule has 0 fully saturated rings. The number of nitrogens with one attached hydrogen (secondary N) is 1. The summed E-state index contributed by atoms with van der Waals surface area (Å²) in [6.07, 6.45) is 5.24. The Kier molecular flexibility index (Phi) is 5.16. The van der Waals surface area contributed by atoms with E-state index in [1.165, 1.54) is 0 Å². The number of fused-ring (bicyclic) bond motifs is 1. The molecular weight excluding hydrogens is 374 g/mol. The maximum atomic E-state index is 13.2. The van der Waals surface area contributed by atoms with E-state index in [-0.39, 0.29) is 23.7 Å². The quantitative estimate of drug-likeness (QED) is 0.509.